The number of hydrogen-bond acceptors (Lipinski definition) is 6. The van der Waals surface area contributed by atoms with Gasteiger partial charge in [-0.25, -0.2) is 4.98 Å². The van der Waals surface area contributed by atoms with E-state index in [4.69, 9.17) is 5.26 Å². The first-order chi connectivity index (χ1) is 9.76. The van der Waals surface area contributed by atoms with Crippen LogP contribution in [0.5, 0.6) is 0 Å². The Kier molecular flexibility index (Phi) is 5.76. The molecule has 0 amide bonds. The molecule has 5 nitrogen and oxygen atoms in total. The van der Waals surface area contributed by atoms with Crippen molar-refractivity contribution in [2.75, 3.05) is 18.6 Å². The molecule has 2 rings (SSSR count). The number of thiazole rings is 1. The summed E-state index contributed by atoms with van der Waals surface area (Å²) in [6.45, 7) is 2.76. The maximum absolute atomic E-state index is 8.54. The van der Waals surface area contributed by atoms with Crippen molar-refractivity contribution >= 4 is 45.0 Å². The van der Waals surface area contributed by atoms with Crippen molar-refractivity contribution < 1.29 is 0 Å². The first-order valence-electron chi connectivity index (χ1n) is 5.98. The molecule has 0 bridgehead atoms. The van der Waals surface area contributed by atoms with E-state index in [9.17, 15) is 0 Å². The first-order valence-corrected chi connectivity index (χ1v) is 9.24. The van der Waals surface area contributed by atoms with E-state index >= 15 is 0 Å². The summed E-state index contributed by atoms with van der Waals surface area (Å²) in [4.78, 5) is 9.91. The molecule has 106 valence electrons. The second kappa shape index (κ2) is 7.57. The van der Waals surface area contributed by atoms with E-state index < -0.39 is 0 Å². The van der Waals surface area contributed by atoms with E-state index in [1.54, 1.807) is 11.3 Å². The minimum atomic E-state index is 0.675. The molecule has 0 aromatic carbocycles. The average molecular weight is 325 g/mol. The maximum Gasteiger partial charge on any atom is 0.194 e. The number of rotatable bonds is 5. The molecule has 2 aromatic rings. The molecule has 0 atom stereocenters. The zero-order chi connectivity index (χ0) is 14.4. The average Bonchev–Trinajstić information content (AvgIpc) is 2.99. The minimum absolute atomic E-state index is 0.675. The number of imidazole rings is 1. The smallest absolute Gasteiger partial charge is 0.194 e. The molecule has 8 heteroatoms. The quantitative estimate of drug-likeness (QED) is 0.301. The van der Waals surface area contributed by atoms with E-state index in [2.05, 4.69) is 38.2 Å². The third-order valence-electron chi connectivity index (χ3n) is 2.65. The maximum atomic E-state index is 8.54. The van der Waals surface area contributed by atoms with Gasteiger partial charge in [0, 0.05) is 23.1 Å². The van der Waals surface area contributed by atoms with E-state index in [1.165, 1.54) is 17.5 Å². The van der Waals surface area contributed by atoms with Crippen molar-refractivity contribution in [3.63, 3.8) is 0 Å². The number of aromatic nitrogens is 2. The number of aliphatic imine (C=N–C) groups is 1. The van der Waals surface area contributed by atoms with Crippen molar-refractivity contribution in [2.24, 2.45) is 4.99 Å². The summed E-state index contributed by atoms with van der Waals surface area (Å²) in [6.07, 6.45) is 5.86. The molecule has 2 aromatic heterocycles. The summed E-state index contributed by atoms with van der Waals surface area (Å²) in [5, 5.41) is 13.8. The van der Waals surface area contributed by atoms with Gasteiger partial charge in [0.25, 0.3) is 0 Å². The Labute approximate surface area is 130 Å². The standard InChI is InChI=1S/C12H15N5S3/c1-9-10(17-4-6-20-12(17)16-9)7-19-5-3-14-11(18-2)15-8-13/h4,6H,3,5,7H2,1-2H3,(H,14,15). The van der Waals surface area contributed by atoms with E-state index in [-0.39, 0.29) is 0 Å². The van der Waals surface area contributed by atoms with Crippen LogP contribution in [-0.2, 0) is 5.75 Å². The summed E-state index contributed by atoms with van der Waals surface area (Å²) < 4.78 is 2.15. The topological polar surface area (TPSA) is 65.5 Å². The highest BCUT2D eigenvalue weighted by atomic mass is 32.2. The van der Waals surface area contributed by atoms with Gasteiger partial charge in [-0.15, -0.1) is 11.3 Å². The van der Waals surface area contributed by atoms with Crippen molar-refractivity contribution in [3.05, 3.63) is 23.0 Å². The summed E-state index contributed by atoms with van der Waals surface area (Å²) in [5.41, 5.74) is 2.36. The van der Waals surface area contributed by atoms with Crippen molar-refractivity contribution in [1.29, 1.82) is 5.26 Å². The Hall–Kier alpha value is -1.17. The van der Waals surface area contributed by atoms with E-state index in [0.29, 0.717) is 11.7 Å². The number of hydrogen-bond donors (Lipinski definition) is 1. The molecule has 0 aliphatic heterocycles. The van der Waals surface area contributed by atoms with Crippen LogP contribution in [0, 0.1) is 18.4 Å². The lowest BCUT2D eigenvalue weighted by Gasteiger charge is -2.02. The number of fused-ring (bicyclic) bond motifs is 1. The van der Waals surface area contributed by atoms with Gasteiger partial charge in [0.05, 0.1) is 17.9 Å². The SMILES string of the molecule is CSC(=NCCSCc1c(C)nc2sccn12)NC#N. The van der Waals surface area contributed by atoms with Crippen LogP contribution in [0.4, 0.5) is 0 Å². The second-order valence-corrected chi connectivity index (χ2v) is 6.65. The Bertz CT molecular complexity index is 637. The van der Waals surface area contributed by atoms with Gasteiger partial charge in [-0.05, 0) is 13.2 Å². The van der Waals surface area contributed by atoms with Gasteiger partial charge in [0.1, 0.15) is 0 Å². The third kappa shape index (κ3) is 3.69. The predicted molar refractivity (Wildman–Crippen MR) is 88.5 cm³/mol. The summed E-state index contributed by atoms with van der Waals surface area (Å²) in [5.74, 6) is 1.85. The molecule has 0 radical (unpaired) electrons. The number of aryl methyl sites for hydroxylation is 1. The molecule has 0 spiro atoms. The Morgan fingerprint density at radius 2 is 2.50 bits per heavy atom. The van der Waals surface area contributed by atoms with Crippen LogP contribution in [0.2, 0.25) is 0 Å². The van der Waals surface area contributed by atoms with Crippen LogP contribution in [0.3, 0.4) is 0 Å². The molecule has 20 heavy (non-hydrogen) atoms. The van der Waals surface area contributed by atoms with Gasteiger partial charge < -0.3 is 0 Å². The summed E-state index contributed by atoms with van der Waals surface area (Å²) in [6, 6.07) is 0. The number of nitrogens with zero attached hydrogens (tertiary/aromatic N) is 4. The Morgan fingerprint density at radius 1 is 1.65 bits per heavy atom. The molecule has 0 fully saturated rings. The van der Waals surface area contributed by atoms with Gasteiger partial charge in [-0.2, -0.15) is 17.0 Å². The fourth-order valence-corrected chi connectivity index (χ4v) is 3.75. The molecule has 0 saturated carbocycles. The normalized spacial score (nSPS) is 11.8. The summed E-state index contributed by atoms with van der Waals surface area (Å²) in [7, 11) is 0. The second-order valence-electron chi connectivity index (χ2n) is 3.88. The van der Waals surface area contributed by atoms with Crippen molar-refractivity contribution in [3.8, 4) is 6.19 Å². The predicted octanol–water partition coefficient (Wildman–Crippen LogP) is 2.73. The van der Waals surface area contributed by atoms with E-state index in [1.807, 2.05) is 24.2 Å². The van der Waals surface area contributed by atoms with Crippen LogP contribution in [0.1, 0.15) is 11.4 Å². The van der Waals surface area contributed by atoms with Gasteiger partial charge in [-0.3, -0.25) is 14.7 Å². The van der Waals surface area contributed by atoms with E-state index in [0.717, 1.165) is 22.2 Å². The number of amidine groups is 1. The first kappa shape index (κ1) is 15.2. The lowest BCUT2D eigenvalue weighted by atomic mass is 10.4. The zero-order valence-electron chi connectivity index (χ0n) is 11.3. The fraction of sp³-hybridized carbons (Fsp3) is 0.417. The molecule has 1 N–H and O–H groups in total. The monoisotopic (exact) mass is 325 g/mol. The highest BCUT2D eigenvalue weighted by Crippen LogP contribution is 2.21. The van der Waals surface area contributed by atoms with Crippen LogP contribution < -0.4 is 5.32 Å². The van der Waals surface area contributed by atoms with Crippen molar-refractivity contribution in [1.82, 2.24) is 14.7 Å². The number of nitriles is 1. The molecule has 0 aliphatic rings. The fourth-order valence-electron chi connectivity index (χ4n) is 1.70. The van der Waals surface area contributed by atoms with Crippen LogP contribution in [0.25, 0.3) is 4.96 Å². The molecule has 0 unspecified atom stereocenters. The van der Waals surface area contributed by atoms with Crippen molar-refractivity contribution in [2.45, 2.75) is 12.7 Å². The highest BCUT2D eigenvalue weighted by molar-refractivity contribution is 8.13. The minimum Gasteiger partial charge on any atom is -0.294 e. The third-order valence-corrected chi connectivity index (χ3v) is 4.97. The van der Waals surface area contributed by atoms with Crippen LogP contribution in [0.15, 0.2) is 16.6 Å². The lowest BCUT2D eigenvalue weighted by molar-refractivity contribution is 1.08. The highest BCUT2D eigenvalue weighted by Gasteiger charge is 2.08. The van der Waals surface area contributed by atoms with Crippen LogP contribution >= 0.6 is 34.9 Å². The Morgan fingerprint density at radius 3 is 3.25 bits per heavy atom. The zero-order valence-corrected chi connectivity index (χ0v) is 13.7. The molecule has 0 saturated heterocycles. The molecular formula is C12H15N5S3. The molecule has 0 aliphatic carbocycles. The number of nitrogens with one attached hydrogen (secondary N) is 1. The van der Waals surface area contributed by atoms with Gasteiger partial charge >= 0.3 is 0 Å². The summed E-state index contributed by atoms with van der Waals surface area (Å²) >= 11 is 4.94. The van der Waals surface area contributed by atoms with Gasteiger partial charge in [0.15, 0.2) is 16.3 Å². The van der Waals surface area contributed by atoms with Crippen LogP contribution in [-0.4, -0.2) is 33.1 Å². The molecule has 2 heterocycles. The lowest BCUT2D eigenvalue weighted by Crippen LogP contribution is -2.13. The Balaban J connectivity index is 1.83. The number of thioether (sulfide) groups is 2. The largest absolute Gasteiger partial charge is 0.294 e. The van der Waals surface area contributed by atoms with Gasteiger partial charge in [-0.1, -0.05) is 11.8 Å². The van der Waals surface area contributed by atoms with Gasteiger partial charge in [0.2, 0.25) is 0 Å². The molecular weight excluding hydrogens is 310 g/mol.